The normalized spacial score (nSPS) is 10.6. The lowest BCUT2D eigenvalue weighted by atomic mass is 10.1. The monoisotopic (exact) mass is 295 g/mol. The van der Waals surface area contributed by atoms with E-state index in [9.17, 15) is 4.79 Å². The molecule has 5 heteroatoms. The highest BCUT2D eigenvalue weighted by Crippen LogP contribution is 2.19. The molecule has 22 heavy (non-hydrogen) atoms. The number of ether oxygens (including phenoxy) is 1. The van der Waals surface area contributed by atoms with Gasteiger partial charge in [0.15, 0.2) is 0 Å². The van der Waals surface area contributed by atoms with E-state index in [0.717, 1.165) is 17.6 Å². The molecule has 3 rings (SSSR count). The molecule has 3 aromatic rings. The average molecular weight is 295 g/mol. The van der Waals surface area contributed by atoms with Gasteiger partial charge in [-0.2, -0.15) is 0 Å². The fourth-order valence-corrected chi connectivity index (χ4v) is 2.34. The fourth-order valence-electron chi connectivity index (χ4n) is 2.34. The molecule has 0 saturated carbocycles. The molecule has 0 aliphatic heterocycles. The van der Waals surface area contributed by atoms with E-state index in [1.54, 1.807) is 12.3 Å². The topological polar surface area (TPSA) is 67.0 Å². The SMILES string of the molecule is COC(=O)c1cc2cc(NCc3ccccc3C)cnc2[nH]1. The van der Waals surface area contributed by atoms with Crippen LogP contribution in [0, 0.1) is 6.92 Å². The van der Waals surface area contributed by atoms with Gasteiger partial charge in [0.25, 0.3) is 0 Å². The Morgan fingerprint density at radius 3 is 2.91 bits per heavy atom. The summed E-state index contributed by atoms with van der Waals surface area (Å²) in [6, 6.07) is 11.9. The van der Waals surface area contributed by atoms with Gasteiger partial charge in [-0.25, -0.2) is 9.78 Å². The molecule has 0 aliphatic rings. The number of fused-ring (bicyclic) bond motifs is 1. The van der Waals surface area contributed by atoms with Crippen LogP contribution in [0.5, 0.6) is 0 Å². The van der Waals surface area contributed by atoms with Crippen molar-refractivity contribution >= 4 is 22.7 Å². The van der Waals surface area contributed by atoms with Crippen molar-refractivity contribution in [2.24, 2.45) is 0 Å². The molecule has 112 valence electrons. The second kappa shape index (κ2) is 5.89. The van der Waals surface area contributed by atoms with Crippen LogP contribution in [0.3, 0.4) is 0 Å². The molecule has 1 aromatic carbocycles. The highest BCUT2D eigenvalue weighted by atomic mass is 16.5. The zero-order valence-electron chi connectivity index (χ0n) is 12.5. The number of benzene rings is 1. The van der Waals surface area contributed by atoms with Crippen molar-refractivity contribution in [3.8, 4) is 0 Å². The quantitative estimate of drug-likeness (QED) is 0.725. The van der Waals surface area contributed by atoms with Crippen LogP contribution in [0.4, 0.5) is 5.69 Å². The van der Waals surface area contributed by atoms with Crippen LogP contribution < -0.4 is 5.32 Å². The fraction of sp³-hybridized carbons (Fsp3) is 0.176. The smallest absolute Gasteiger partial charge is 0.354 e. The van der Waals surface area contributed by atoms with E-state index in [1.807, 2.05) is 18.2 Å². The maximum Gasteiger partial charge on any atom is 0.354 e. The zero-order valence-corrected chi connectivity index (χ0v) is 12.5. The maximum atomic E-state index is 11.5. The van der Waals surface area contributed by atoms with E-state index in [-0.39, 0.29) is 0 Å². The maximum absolute atomic E-state index is 11.5. The first-order chi connectivity index (χ1) is 10.7. The molecule has 2 heterocycles. The third-order valence-corrected chi connectivity index (χ3v) is 3.62. The summed E-state index contributed by atoms with van der Waals surface area (Å²) in [6.07, 6.45) is 1.75. The molecule has 0 fully saturated rings. The Kier molecular flexibility index (Phi) is 3.78. The molecular weight excluding hydrogens is 278 g/mol. The Hall–Kier alpha value is -2.82. The molecule has 0 aliphatic carbocycles. The Labute approximate surface area is 128 Å². The minimum atomic E-state index is -0.396. The number of methoxy groups -OCH3 is 1. The summed E-state index contributed by atoms with van der Waals surface area (Å²) in [5.74, 6) is -0.396. The molecule has 2 N–H and O–H groups in total. The number of rotatable bonds is 4. The van der Waals surface area contributed by atoms with E-state index in [0.29, 0.717) is 11.3 Å². The summed E-state index contributed by atoms with van der Waals surface area (Å²) in [6.45, 7) is 2.82. The van der Waals surface area contributed by atoms with Crippen molar-refractivity contribution in [3.63, 3.8) is 0 Å². The predicted molar refractivity (Wildman–Crippen MR) is 85.9 cm³/mol. The van der Waals surface area contributed by atoms with E-state index in [1.165, 1.54) is 18.2 Å². The van der Waals surface area contributed by atoms with E-state index >= 15 is 0 Å². The van der Waals surface area contributed by atoms with Gasteiger partial charge in [-0.1, -0.05) is 24.3 Å². The van der Waals surface area contributed by atoms with Gasteiger partial charge in [-0.3, -0.25) is 0 Å². The number of hydrogen-bond acceptors (Lipinski definition) is 4. The standard InChI is InChI=1S/C17H17N3O2/c1-11-5-3-4-6-12(11)9-18-14-7-13-8-15(17(21)22-2)20-16(13)19-10-14/h3-8,10,18H,9H2,1-2H3,(H,19,20). The summed E-state index contributed by atoms with van der Waals surface area (Å²) < 4.78 is 4.70. The number of aromatic amines is 1. The van der Waals surface area contributed by atoms with Crippen LogP contribution in [0.15, 0.2) is 42.6 Å². The molecule has 0 radical (unpaired) electrons. The van der Waals surface area contributed by atoms with Gasteiger partial charge in [0.05, 0.1) is 19.0 Å². The van der Waals surface area contributed by atoms with Crippen LogP contribution in [-0.2, 0) is 11.3 Å². The molecule has 0 bridgehead atoms. The van der Waals surface area contributed by atoms with Crippen molar-refractivity contribution in [2.45, 2.75) is 13.5 Å². The van der Waals surface area contributed by atoms with Crippen molar-refractivity contribution in [1.29, 1.82) is 0 Å². The zero-order chi connectivity index (χ0) is 15.5. The van der Waals surface area contributed by atoms with Crippen molar-refractivity contribution in [3.05, 3.63) is 59.4 Å². The number of carbonyl (C=O) groups excluding carboxylic acids is 1. The number of H-pyrrole nitrogens is 1. The number of hydrogen-bond donors (Lipinski definition) is 2. The van der Waals surface area contributed by atoms with Gasteiger partial charge in [-0.15, -0.1) is 0 Å². The Bertz CT molecular complexity index is 824. The molecule has 0 saturated heterocycles. The Morgan fingerprint density at radius 2 is 2.14 bits per heavy atom. The van der Waals surface area contributed by atoms with Crippen LogP contribution in [0.1, 0.15) is 21.6 Å². The first kappa shape index (κ1) is 14.1. The van der Waals surface area contributed by atoms with Crippen LogP contribution >= 0.6 is 0 Å². The van der Waals surface area contributed by atoms with E-state index < -0.39 is 5.97 Å². The molecular formula is C17H17N3O2. The third kappa shape index (κ3) is 2.79. The van der Waals surface area contributed by atoms with Gasteiger partial charge in [-0.05, 0) is 30.2 Å². The Morgan fingerprint density at radius 1 is 1.32 bits per heavy atom. The number of anilines is 1. The molecule has 2 aromatic heterocycles. The number of aromatic nitrogens is 2. The minimum Gasteiger partial charge on any atom is -0.464 e. The van der Waals surface area contributed by atoms with Crippen molar-refractivity contribution in [2.75, 3.05) is 12.4 Å². The number of carbonyl (C=O) groups is 1. The number of esters is 1. The summed E-state index contributed by atoms with van der Waals surface area (Å²) in [4.78, 5) is 18.8. The molecule has 0 unspecified atom stereocenters. The first-order valence-electron chi connectivity index (χ1n) is 7.03. The summed E-state index contributed by atoms with van der Waals surface area (Å²) in [5, 5.41) is 4.22. The summed E-state index contributed by atoms with van der Waals surface area (Å²) in [7, 11) is 1.36. The highest BCUT2D eigenvalue weighted by molar-refractivity contribution is 5.94. The second-order valence-electron chi connectivity index (χ2n) is 5.12. The lowest BCUT2D eigenvalue weighted by Crippen LogP contribution is -2.01. The second-order valence-corrected chi connectivity index (χ2v) is 5.12. The molecule has 0 spiro atoms. The number of aryl methyl sites for hydroxylation is 1. The predicted octanol–water partition coefficient (Wildman–Crippen LogP) is 3.27. The van der Waals surface area contributed by atoms with Gasteiger partial charge >= 0.3 is 5.97 Å². The van der Waals surface area contributed by atoms with Crippen molar-refractivity contribution in [1.82, 2.24) is 9.97 Å². The summed E-state index contributed by atoms with van der Waals surface area (Å²) >= 11 is 0. The van der Waals surface area contributed by atoms with Crippen LogP contribution in [0.2, 0.25) is 0 Å². The largest absolute Gasteiger partial charge is 0.464 e. The van der Waals surface area contributed by atoms with Gasteiger partial charge in [0.2, 0.25) is 0 Å². The van der Waals surface area contributed by atoms with Crippen LogP contribution in [0.25, 0.3) is 11.0 Å². The van der Waals surface area contributed by atoms with Crippen molar-refractivity contribution < 1.29 is 9.53 Å². The number of nitrogens with zero attached hydrogens (tertiary/aromatic N) is 1. The van der Waals surface area contributed by atoms with Gasteiger partial charge < -0.3 is 15.0 Å². The average Bonchev–Trinajstić information content (AvgIpc) is 2.96. The number of pyridine rings is 1. The van der Waals surface area contributed by atoms with Crippen LogP contribution in [-0.4, -0.2) is 23.0 Å². The third-order valence-electron chi connectivity index (χ3n) is 3.62. The first-order valence-corrected chi connectivity index (χ1v) is 7.03. The minimum absolute atomic E-state index is 0.396. The van der Waals surface area contributed by atoms with E-state index in [4.69, 9.17) is 4.74 Å². The highest BCUT2D eigenvalue weighted by Gasteiger charge is 2.10. The molecule has 0 amide bonds. The Balaban J connectivity index is 1.80. The van der Waals surface area contributed by atoms with E-state index in [2.05, 4.69) is 34.3 Å². The van der Waals surface area contributed by atoms with Gasteiger partial charge in [0.1, 0.15) is 11.3 Å². The lowest BCUT2D eigenvalue weighted by Gasteiger charge is -2.08. The summed E-state index contributed by atoms with van der Waals surface area (Å²) in [5.41, 5.74) is 4.47. The molecule has 0 atom stereocenters. The number of nitrogens with one attached hydrogen (secondary N) is 2. The lowest BCUT2D eigenvalue weighted by molar-refractivity contribution is 0.0595. The van der Waals surface area contributed by atoms with Gasteiger partial charge in [0, 0.05) is 11.9 Å². The molecule has 5 nitrogen and oxygen atoms in total.